The lowest BCUT2D eigenvalue weighted by molar-refractivity contribution is -0.334. The third kappa shape index (κ3) is 16.3. The maximum absolute atomic E-state index is 12.6. The van der Waals surface area contributed by atoms with Crippen molar-refractivity contribution in [2.75, 3.05) is 41.5 Å². The van der Waals surface area contributed by atoms with E-state index in [0.717, 1.165) is 16.7 Å². The molecule has 0 saturated carbocycles. The van der Waals surface area contributed by atoms with Gasteiger partial charge in [-0.3, -0.25) is 9.32 Å². The molecule has 1 amide bonds. The normalized spacial score (nSPS) is 27.6. The van der Waals surface area contributed by atoms with Crippen molar-refractivity contribution in [1.82, 2.24) is 15.2 Å². The largest absolute Gasteiger partial charge is 0.469 e. The number of nitrogens with one attached hydrogen (secondary N) is 1. The van der Waals surface area contributed by atoms with Crippen LogP contribution in [0, 0.1) is 34.5 Å². The lowest BCUT2D eigenvalue weighted by Crippen LogP contribution is -2.58. The van der Waals surface area contributed by atoms with Crippen LogP contribution in [-0.2, 0) is 32.8 Å². The molecule has 8 N–H and O–H groups in total. The number of aliphatic hydroxyl groups is 5. The van der Waals surface area contributed by atoms with Crippen molar-refractivity contribution >= 4 is 19.8 Å². The maximum Gasteiger partial charge on any atom is 0.469 e. The number of phosphoric ester groups is 1. The number of nitrogens with zero attached hydrogens (tertiary/aromatic N) is 3. The highest BCUT2D eigenvalue weighted by molar-refractivity contribution is 7.46. The van der Waals surface area contributed by atoms with E-state index in [1.807, 2.05) is 78.0 Å². The Morgan fingerprint density at radius 3 is 2.36 bits per heavy atom. The van der Waals surface area contributed by atoms with Crippen molar-refractivity contribution in [3.8, 4) is 6.07 Å². The Morgan fingerprint density at radius 1 is 1.09 bits per heavy atom. The van der Waals surface area contributed by atoms with Gasteiger partial charge in [-0.25, -0.2) is 9.55 Å². The van der Waals surface area contributed by atoms with Crippen molar-refractivity contribution in [3.05, 3.63) is 71.0 Å². The van der Waals surface area contributed by atoms with Crippen LogP contribution in [0.2, 0.25) is 0 Å². The molecule has 2 fully saturated rings. The second-order valence-corrected chi connectivity index (χ2v) is 21.1. The SMILES string of the molecule is COCC([C@@H](O)[C@@H](O)C(=O)NCC[C@@H](C)c1nc(/C=C/C[C@H]2OC3(C[C@H](O)[C@H]2C)O[C@@H]([C@@H](C[C@@H](O)[C@@H](C)[C@@H](O)[C@@H](C)/C=C(C)/C(C)=C/C=C/C(C)=C/C#N)OC)[C@@H](OP(=O)(O)O)C3(C)C)co1)N(C)C. The molecule has 1 spiro atoms. The van der Waals surface area contributed by atoms with Crippen LogP contribution in [0.25, 0.3) is 6.08 Å². The van der Waals surface area contributed by atoms with Crippen molar-refractivity contribution in [2.45, 2.75) is 161 Å². The zero-order valence-electron chi connectivity index (χ0n) is 43.1. The van der Waals surface area contributed by atoms with E-state index in [1.54, 1.807) is 45.8 Å². The van der Waals surface area contributed by atoms with Crippen LogP contribution in [-0.4, -0.2) is 159 Å². The van der Waals surface area contributed by atoms with Crippen LogP contribution in [0.3, 0.4) is 0 Å². The van der Waals surface area contributed by atoms with Crippen molar-refractivity contribution < 1.29 is 72.6 Å². The van der Waals surface area contributed by atoms with Gasteiger partial charge in [0.05, 0.1) is 49.2 Å². The van der Waals surface area contributed by atoms with E-state index in [4.69, 9.17) is 33.2 Å². The van der Waals surface area contributed by atoms with Crippen LogP contribution in [0.1, 0.15) is 105 Å². The summed E-state index contributed by atoms with van der Waals surface area (Å²) >= 11 is 0. The van der Waals surface area contributed by atoms with Gasteiger partial charge in [-0.2, -0.15) is 5.26 Å². The molecule has 2 aliphatic heterocycles. The summed E-state index contributed by atoms with van der Waals surface area (Å²) in [6.45, 7) is 16.6. The summed E-state index contributed by atoms with van der Waals surface area (Å²) in [5.41, 5.74) is 1.87. The van der Waals surface area contributed by atoms with Gasteiger partial charge in [0.15, 0.2) is 17.8 Å². The van der Waals surface area contributed by atoms with Gasteiger partial charge in [-0.1, -0.05) is 77.5 Å². The second kappa shape index (κ2) is 27.0. The first-order valence-corrected chi connectivity index (χ1v) is 25.4. The zero-order valence-corrected chi connectivity index (χ0v) is 44.0. The maximum atomic E-state index is 12.6. The van der Waals surface area contributed by atoms with E-state index in [-0.39, 0.29) is 44.2 Å². The molecule has 0 bridgehead atoms. The summed E-state index contributed by atoms with van der Waals surface area (Å²) in [6.07, 6.45) is 4.10. The van der Waals surface area contributed by atoms with E-state index >= 15 is 0 Å². The minimum absolute atomic E-state index is 0.0645. The number of likely N-dealkylation sites (N-methyl/N-ethyl adjacent to an activating group) is 1. The highest BCUT2D eigenvalue weighted by Crippen LogP contribution is 2.59. The Hall–Kier alpha value is -3.42. The van der Waals surface area contributed by atoms with Gasteiger partial charge in [0.2, 0.25) is 0 Å². The highest BCUT2D eigenvalue weighted by Gasteiger charge is 2.68. The summed E-state index contributed by atoms with van der Waals surface area (Å²) in [5, 5.41) is 67.1. The molecule has 2 unspecified atom stereocenters. The van der Waals surface area contributed by atoms with Crippen molar-refractivity contribution in [2.24, 2.45) is 23.2 Å². The van der Waals surface area contributed by atoms with Crippen LogP contribution >= 0.6 is 7.82 Å². The highest BCUT2D eigenvalue weighted by atomic mass is 31.2. The number of allylic oxidation sites excluding steroid dienone is 7. The fourth-order valence-electron chi connectivity index (χ4n) is 8.96. The Kier molecular flexibility index (Phi) is 23.5. The predicted molar refractivity (Wildman–Crippen MR) is 262 cm³/mol. The predicted octanol–water partition coefficient (Wildman–Crippen LogP) is 4.69. The van der Waals surface area contributed by atoms with Gasteiger partial charge >= 0.3 is 7.82 Å². The number of aliphatic hydroxyl groups excluding tert-OH is 5. The molecule has 19 nitrogen and oxygen atoms in total. The molecule has 2 aliphatic rings. The molecule has 3 rings (SSSR count). The molecule has 0 radical (unpaired) electrons. The third-order valence-electron chi connectivity index (χ3n) is 14.0. The summed E-state index contributed by atoms with van der Waals surface area (Å²) in [7, 11) is 1.12. The molecule has 70 heavy (non-hydrogen) atoms. The smallest absolute Gasteiger partial charge is 0.448 e. The van der Waals surface area contributed by atoms with Crippen LogP contribution in [0.4, 0.5) is 0 Å². The third-order valence-corrected chi connectivity index (χ3v) is 14.5. The summed E-state index contributed by atoms with van der Waals surface area (Å²) in [6, 6.07) is 1.40. The molecule has 0 aliphatic carbocycles. The number of phosphoric acid groups is 1. The number of oxazole rings is 1. The van der Waals surface area contributed by atoms with Crippen LogP contribution in [0.15, 0.2) is 63.9 Å². The quantitative estimate of drug-likeness (QED) is 0.0355. The molecule has 2 saturated heterocycles. The summed E-state index contributed by atoms with van der Waals surface area (Å²) in [5.74, 6) is -3.63. The molecule has 1 aromatic heterocycles. The van der Waals surface area contributed by atoms with E-state index in [0.29, 0.717) is 18.0 Å². The Balaban J connectivity index is 1.74. The number of ether oxygens (including phenoxy) is 4. The minimum Gasteiger partial charge on any atom is -0.448 e. The minimum atomic E-state index is -5.15. The molecule has 396 valence electrons. The Labute approximate surface area is 414 Å². The topological polar surface area (TPSA) is 287 Å². The van der Waals surface area contributed by atoms with Crippen LogP contribution in [0.5, 0.6) is 0 Å². The van der Waals surface area contributed by atoms with E-state index in [1.165, 1.54) is 26.6 Å². The van der Waals surface area contributed by atoms with Gasteiger partial charge in [-0.15, -0.1) is 0 Å². The number of hydrogen-bond donors (Lipinski definition) is 8. The first-order valence-electron chi connectivity index (χ1n) is 23.8. The van der Waals surface area contributed by atoms with Crippen LogP contribution < -0.4 is 5.32 Å². The first-order chi connectivity index (χ1) is 32.6. The van der Waals surface area contributed by atoms with Crippen molar-refractivity contribution in [1.29, 1.82) is 5.26 Å². The number of methoxy groups -OCH3 is 2. The molecular weight excluding hydrogens is 928 g/mol. The fraction of sp³-hybridized carbons (Fsp3) is 0.700. The fourth-order valence-corrected chi connectivity index (χ4v) is 9.64. The average Bonchev–Trinajstić information content (AvgIpc) is 3.84. The second-order valence-electron chi connectivity index (χ2n) is 19.9. The molecule has 20 heteroatoms. The van der Waals surface area contributed by atoms with Gasteiger partial charge in [0, 0.05) is 68.8 Å². The van der Waals surface area contributed by atoms with Gasteiger partial charge in [0.25, 0.3) is 5.91 Å². The molecular formula is C50H81N4O15P. The number of hydrogen-bond acceptors (Lipinski definition) is 16. The Morgan fingerprint density at radius 2 is 1.76 bits per heavy atom. The first kappa shape index (κ1) is 60.9. The number of amides is 1. The van der Waals surface area contributed by atoms with E-state index in [9.17, 15) is 44.7 Å². The van der Waals surface area contributed by atoms with Gasteiger partial charge < -0.3 is 68.9 Å². The molecule has 0 aromatic carbocycles. The summed E-state index contributed by atoms with van der Waals surface area (Å²) in [4.78, 5) is 39.2. The molecule has 15 atom stereocenters. The number of rotatable bonds is 26. The van der Waals surface area contributed by atoms with Crippen molar-refractivity contribution in [3.63, 3.8) is 0 Å². The summed E-state index contributed by atoms with van der Waals surface area (Å²) < 4.78 is 48.2. The molecule has 1 aromatic rings. The zero-order chi connectivity index (χ0) is 52.9. The lowest BCUT2D eigenvalue weighted by Gasteiger charge is -2.50. The van der Waals surface area contributed by atoms with Gasteiger partial charge in [-0.05, 0) is 64.9 Å². The standard InChI is InChI=1S/C50H81N4O15P/c1-29(20-22-51)16-14-17-30(2)32(4)24-33(5)42(57)35(7)38(55)25-41(65-13)45-46(69-70(61,62)63)49(8,9)50(68-45)26-39(56)34(6)40(67-50)19-15-18-36-27-66-48(53-36)31(3)21-23-52-47(60)44(59)43(58)37(28-64-12)54(10)11/h14-18,20,24,27,31,33-35,37-46,55-59H,19,21,23,25-26,28H2,1-13H3,(H,52,60)(H2,61,62,63)/b16-14+,18-15+,29-20+,30-17+,32-24+/t31-,33+,34-,35-,37?,38-,39+,40-,41-,42+,43-,44-,45+,46-,50?/m1/s1. The van der Waals surface area contributed by atoms with E-state index < -0.39 is 97.7 Å². The monoisotopic (exact) mass is 1010 g/mol. The molecule has 3 heterocycles. The lowest BCUT2D eigenvalue weighted by atomic mass is 9.72. The Bertz CT molecular complexity index is 2080. The number of carbonyl (C=O) groups is 1. The number of aromatic nitrogens is 1. The average molecular weight is 1010 g/mol. The van der Waals surface area contributed by atoms with E-state index in [2.05, 4.69) is 10.3 Å². The van der Waals surface area contributed by atoms with Gasteiger partial charge in [0.1, 0.15) is 30.3 Å². The number of nitriles is 1. The number of carbonyl (C=O) groups excluding carboxylic acids is 1.